The van der Waals surface area contributed by atoms with Gasteiger partial charge in [0.15, 0.2) is 0 Å². The molecule has 0 bridgehead atoms. The van der Waals surface area contributed by atoms with Gasteiger partial charge in [-0.25, -0.2) is 18.1 Å². The predicted molar refractivity (Wildman–Crippen MR) is 102 cm³/mol. The Balaban J connectivity index is 1.67. The van der Waals surface area contributed by atoms with Crippen molar-refractivity contribution in [3.8, 4) is 0 Å². The molecular formula is C17H19N5O4S2. The van der Waals surface area contributed by atoms with Crippen molar-refractivity contribution >= 4 is 27.3 Å². The van der Waals surface area contributed by atoms with E-state index in [1.54, 1.807) is 32.2 Å². The molecule has 3 aromatic rings. The fourth-order valence-corrected chi connectivity index (χ4v) is 4.42. The second kappa shape index (κ2) is 7.78. The highest BCUT2D eigenvalue weighted by Gasteiger charge is 2.29. The summed E-state index contributed by atoms with van der Waals surface area (Å²) in [5.41, 5.74) is -0.122. The van der Waals surface area contributed by atoms with E-state index >= 15 is 0 Å². The van der Waals surface area contributed by atoms with Gasteiger partial charge in [-0.3, -0.25) is 9.78 Å². The minimum absolute atomic E-state index is 0.0668. The Bertz CT molecular complexity index is 1060. The SMILES string of the molecule is Cc1ncc(CNC(=O)c2ccc(C(C)(C)NS(=O)(=O)c3cnoc3)cn2)s1. The molecule has 0 saturated heterocycles. The first-order valence-electron chi connectivity index (χ1n) is 8.27. The predicted octanol–water partition coefficient (Wildman–Crippen LogP) is 1.98. The van der Waals surface area contributed by atoms with Gasteiger partial charge < -0.3 is 9.84 Å². The van der Waals surface area contributed by atoms with Crippen molar-refractivity contribution < 1.29 is 17.7 Å². The molecule has 11 heteroatoms. The maximum atomic E-state index is 12.4. The summed E-state index contributed by atoms with van der Waals surface area (Å²) >= 11 is 1.51. The monoisotopic (exact) mass is 421 g/mol. The van der Waals surface area contributed by atoms with Crippen LogP contribution in [0.15, 0.2) is 46.4 Å². The van der Waals surface area contributed by atoms with Crippen LogP contribution in [0.2, 0.25) is 0 Å². The van der Waals surface area contributed by atoms with Crippen molar-refractivity contribution in [2.45, 2.75) is 37.8 Å². The van der Waals surface area contributed by atoms with E-state index < -0.39 is 15.6 Å². The number of thiazole rings is 1. The molecule has 3 aromatic heterocycles. The quantitative estimate of drug-likeness (QED) is 0.597. The summed E-state index contributed by atoms with van der Waals surface area (Å²) in [5, 5.41) is 7.13. The lowest BCUT2D eigenvalue weighted by Gasteiger charge is -2.25. The zero-order valence-corrected chi connectivity index (χ0v) is 17.1. The van der Waals surface area contributed by atoms with Crippen molar-refractivity contribution in [3.05, 3.63) is 58.1 Å². The second-order valence-electron chi connectivity index (χ2n) is 6.55. The molecule has 3 heterocycles. The van der Waals surface area contributed by atoms with E-state index in [1.165, 1.54) is 17.5 Å². The molecular weight excluding hydrogens is 402 g/mol. The average molecular weight is 422 g/mol. The molecule has 9 nitrogen and oxygen atoms in total. The molecule has 0 aliphatic carbocycles. The van der Waals surface area contributed by atoms with Crippen LogP contribution in [0.1, 0.15) is 39.8 Å². The molecule has 0 spiro atoms. The summed E-state index contributed by atoms with van der Waals surface area (Å²) in [4.78, 5) is 21.4. The normalized spacial score (nSPS) is 12.1. The number of nitrogens with zero attached hydrogens (tertiary/aromatic N) is 3. The van der Waals surface area contributed by atoms with Gasteiger partial charge >= 0.3 is 0 Å². The smallest absolute Gasteiger partial charge is 0.270 e. The first kappa shape index (κ1) is 20.1. The van der Waals surface area contributed by atoms with E-state index in [0.717, 1.165) is 22.3 Å². The first-order valence-corrected chi connectivity index (χ1v) is 10.6. The molecule has 0 fully saturated rings. The maximum absolute atomic E-state index is 12.4. The number of amides is 1. The van der Waals surface area contributed by atoms with E-state index in [0.29, 0.717) is 12.1 Å². The van der Waals surface area contributed by atoms with Crippen molar-refractivity contribution in [2.24, 2.45) is 0 Å². The third-order valence-corrected chi connectivity index (χ3v) is 6.43. The van der Waals surface area contributed by atoms with Crippen LogP contribution in [0.4, 0.5) is 0 Å². The number of carbonyl (C=O) groups excluding carboxylic acids is 1. The number of sulfonamides is 1. The van der Waals surface area contributed by atoms with Crippen LogP contribution in [-0.2, 0) is 22.1 Å². The summed E-state index contributed by atoms with van der Waals surface area (Å²) in [6.07, 6.45) is 5.37. The Hall–Kier alpha value is -2.63. The fourth-order valence-electron chi connectivity index (χ4n) is 2.42. The third kappa shape index (κ3) is 4.61. The van der Waals surface area contributed by atoms with Crippen LogP contribution in [0.5, 0.6) is 0 Å². The van der Waals surface area contributed by atoms with E-state index in [-0.39, 0.29) is 16.5 Å². The number of aromatic nitrogens is 3. The standard InChI is InChI=1S/C17H19N5O4S2/c1-11-18-7-13(27-11)8-20-16(23)15-5-4-12(6-19-15)17(2,3)22-28(24,25)14-9-21-26-10-14/h4-7,9-10,22H,8H2,1-3H3,(H,20,23). The van der Waals surface area contributed by atoms with E-state index in [1.807, 2.05) is 6.92 Å². The lowest BCUT2D eigenvalue weighted by molar-refractivity contribution is 0.0946. The number of rotatable bonds is 7. The van der Waals surface area contributed by atoms with Gasteiger partial charge in [-0.1, -0.05) is 11.2 Å². The number of nitrogens with one attached hydrogen (secondary N) is 2. The molecule has 0 saturated carbocycles. The Morgan fingerprint density at radius 3 is 2.57 bits per heavy atom. The van der Waals surface area contributed by atoms with E-state index in [9.17, 15) is 13.2 Å². The number of hydrogen-bond acceptors (Lipinski definition) is 8. The van der Waals surface area contributed by atoms with Crippen LogP contribution in [0.3, 0.4) is 0 Å². The zero-order chi connectivity index (χ0) is 20.4. The van der Waals surface area contributed by atoms with Gasteiger partial charge in [0.1, 0.15) is 16.9 Å². The van der Waals surface area contributed by atoms with Crippen LogP contribution in [0, 0.1) is 6.92 Å². The van der Waals surface area contributed by atoms with Crippen LogP contribution < -0.4 is 10.0 Å². The molecule has 0 aliphatic rings. The minimum atomic E-state index is -3.80. The molecule has 2 N–H and O–H groups in total. The molecule has 3 rings (SSSR count). The van der Waals surface area contributed by atoms with Gasteiger partial charge in [0.25, 0.3) is 5.91 Å². The van der Waals surface area contributed by atoms with Gasteiger partial charge in [0.05, 0.1) is 23.3 Å². The number of pyridine rings is 1. The molecule has 0 radical (unpaired) electrons. The highest BCUT2D eigenvalue weighted by atomic mass is 32.2. The van der Waals surface area contributed by atoms with Gasteiger partial charge in [-0.2, -0.15) is 0 Å². The highest BCUT2D eigenvalue weighted by molar-refractivity contribution is 7.89. The number of hydrogen-bond donors (Lipinski definition) is 2. The van der Waals surface area contributed by atoms with E-state index in [4.69, 9.17) is 0 Å². The Kier molecular flexibility index (Phi) is 5.59. The summed E-state index contributed by atoms with van der Waals surface area (Å²) in [5.74, 6) is -0.319. The van der Waals surface area contributed by atoms with Crippen molar-refractivity contribution in [1.29, 1.82) is 0 Å². The van der Waals surface area contributed by atoms with Crippen LogP contribution in [-0.4, -0.2) is 29.4 Å². The van der Waals surface area contributed by atoms with E-state index in [2.05, 4.69) is 29.7 Å². The average Bonchev–Trinajstić information content (AvgIpc) is 3.31. The Morgan fingerprint density at radius 2 is 2.00 bits per heavy atom. The summed E-state index contributed by atoms with van der Waals surface area (Å²) in [6.45, 7) is 5.66. The molecule has 1 amide bonds. The Morgan fingerprint density at radius 1 is 1.21 bits per heavy atom. The molecule has 148 valence electrons. The molecule has 0 aliphatic heterocycles. The van der Waals surface area contributed by atoms with Crippen LogP contribution >= 0.6 is 11.3 Å². The van der Waals surface area contributed by atoms with Crippen molar-refractivity contribution in [2.75, 3.05) is 0 Å². The zero-order valence-electron chi connectivity index (χ0n) is 15.5. The summed E-state index contributed by atoms with van der Waals surface area (Å²) < 4.78 is 31.9. The summed E-state index contributed by atoms with van der Waals surface area (Å²) in [7, 11) is -3.80. The second-order valence-corrected chi connectivity index (χ2v) is 9.55. The molecule has 0 atom stereocenters. The number of carbonyl (C=O) groups is 1. The largest absolute Gasteiger partial charge is 0.363 e. The topological polar surface area (TPSA) is 127 Å². The van der Waals surface area contributed by atoms with Crippen molar-refractivity contribution in [3.63, 3.8) is 0 Å². The van der Waals surface area contributed by atoms with Crippen LogP contribution in [0.25, 0.3) is 0 Å². The molecule has 28 heavy (non-hydrogen) atoms. The summed E-state index contributed by atoms with van der Waals surface area (Å²) in [6, 6.07) is 3.22. The molecule has 0 aromatic carbocycles. The van der Waals surface area contributed by atoms with Gasteiger partial charge in [0, 0.05) is 17.3 Å². The third-order valence-electron chi connectivity index (χ3n) is 3.92. The highest BCUT2D eigenvalue weighted by Crippen LogP contribution is 2.22. The lowest BCUT2D eigenvalue weighted by Crippen LogP contribution is -2.41. The fraction of sp³-hybridized carbons (Fsp3) is 0.294. The Labute approximate surface area is 166 Å². The molecule has 0 unspecified atom stereocenters. The first-order chi connectivity index (χ1) is 13.2. The van der Waals surface area contributed by atoms with Gasteiger partial charge in [-0.15, -0.1) is 11.3 Å². The van der Waals surface area contributed by atoms with Gasteiger partial charge in [0.2, 0.25) is 10.0 Å². The van der Waals surface area contributed by atoms with Crippen molar-refractivity contribution in [1.82, 2.24) is 25.2 Å². The maximum Gasteiger partial charge on any atom is 0.270 e. The van der Waals surface area contributed by atoms with Gasteiger partial charge in [-0.05, 0) is 32.4 Å². The lowest BCUT2D eigenvalue weighted by atomic mass is 9.97. The minimum Gasteiger partial charge on any atom is -0.363 e. The number of aryl methyl sites for hydroxylation is 1.